The summed E-state index contributed by atoms with van der Waals surface area (Å²) in [4.78, 5) is 8.45. The molecule has 1 fully saturated rings. The van der Waals surface area contributed by atoms with Crippen LogP contribution < -0.4 is 4.90 Å². The van der Waals surface area contributed by atoms with Gasteiger partial charge < -0.3 is 18.8 Å². The second-order valence-electron chi connectivity index (χ2n) is 5.61. The lowest BCUT2D eigenvalue weighted by Crippen LogP contribution is -2.48. The molecule has 1 aliphatic heterocycles. The molecule has 0 radical (unpaired) electrons. The zero-order chi connectivity index (χ0) is 16.2. The van der Waals surface area contributed by atoms with Crippen molar-refractivity contribution in [2.75, 3.05) is 37.6 Å². The Balaban J connectivity index is 1.70. The third-order valence-corrected chi connectivity index (χ3v) is 4.05. The standard InChI is InChI=1S/C16H20N4O3/c1-2-12(21)11-19-5-7-20(8-6-19)16-13(10-17)18-15(23-16)14-4-3-9-22-14/h3-4,9,12,21H,2,5-8,11H2,1H3. The Hall–Kier alpha value is -2.30. The summed E-state index contributed by atoms with van der Waals surface area (Å²) in [6.45, 7) is 5.77. The van der Waals surface area contributed by atoms with Crippen LogP contribution in [0.2, 0.25) is 0 Å². The summed E-state index contributed by atoms with van der Waals surface area (Å²) in [5, 5.41) is 19.0. The first-order valence-electron chi connectivity index (χ1n) is 7.81. The second-order valence-corrected chi connectivity index (χ2v) is 5.61. The number of aliphatic hydroxyl groups is 1. The van der Waals surface area contributed by atoms with Crippen molar-refractivity contribution in [3.05, 3.63) is 24.1 Å². The van der Waals surface area contributed by atoms with E-state index in [4.69, 9.17) is 8.83 Å². The molecule has 7 nitrogen and oxygen atoms in total. The van der Waals surface area contributed by atoms with Gasteiger partial charge in [-0.3, -0.25) is 4.90 Å². The van der Waals surface area contributed by atoms with E-state index in [0.717, 1.165) is 32.6 Å². The van der Waals surface area contributed by atoms with Gasteiger partial charge in [-0.15, -0.1) is 0 Å². The van der Waals surface area contributed by atoms with Crippen molar-refractivity contribution in [1.29, 1.82) is 5.26 Å². The van der Waals surface area contributed by atoms with Gasteiger partial charge in [-0.05, 0) is 18.6 Å². The highest BCUT2D eigenvalue weighted by atomic mass is 16.4. The monoisotopic (exact) mass is 316 g/mol. The average Bonchev–Trinajstić information content (AvgIpc) is 3.24. The highest BCUT2D eigenvalue weighted by Crippen LogP contribution is 2.29. The maximum Gasteiger partial charge on any atom is 0.266 e. The molecule has 1 atom stereocenters. The topological polar surface area (TPSA) is 89.7 Å². The van der Waals surface area contributed by atoms with Crippen LogP contribution in [0.1, 0.15) is 19.0 Å². The number of aliphatic hydroxyl groups excluding tert-OH is 1. The zero-order valence-corrected chi connectivity index (χ0v) is 13.1. The first-order valence-corrected chi connectivity index (χ1v) is 7.81. The lowest BCUT2D eigenvalue weighted by Gasteiger charge is -2.35. The van der Waals surface area contributed by atoms with E-state index in [1.165, 1.54) is 0 Å². The van der Waals surface area contributed by atoms with Gasteiger partial charge in [0.1, 0.15) is 6.07 Å². The summed E-state index contributed by atoms with van der Waals surface area (Å²) in [6.07, 6.45) is 2.02. The van der Waals surface area contributed by atoms with Gasteiger partial charge in [-0.25, -0.2) is 0 Å². The quantitative estimate of drug-likeness (QED) is 0.898. The Bertz CT molecular complexity index is 666. The molecule has 2 aromatic rings. The van der Waals surface area contributed by atoms with Crippen molar-refractivity contribution in [1.82, 2.24) is 9.88 Å². The fraction of sp³-hybridized carbons (Fsp3) is 0.500. The summed E-state index contributed by atoms with van der Waals surface area (Å²) >= 11 is 0. The molecular weight excluding hydrogens is 296 g/mol. The molecule has 3 rings (SSSR count). The number of aromatic nitrogens is 1. The van der Waals surface area contributed by atoms with E-state index in [0.29, 0.717) is 24.1 Å². The van der Waals surface area contributed by atoms with Gasteiger partial charge in [0.15, 0.2) is 5.76 Å². The molecule has 1 unspecified atom stereocenters. The molecule has 2 aromatic heterocycles. The molecule has 7 heteroatoms. The second kappa shape index (κ2) is 6.86. The van der Waals surface area contributed by atoms with Crippen LogP contribution >= 0.6 is 0 Å². The largest absolute Gasteiger partial charge is 0.459 e. The number of rotatable bonds is 5. The lowest BCUT2D eigenvalue weighted by atomic mass is 10.2. The Kier molecular flexibility index (Phi) is 4.65. The van der Waals surface area contributed by atoms with Crippen LogP contribution in [0.15, 0.2) is 27.2 Å². The molecule has 0 bridgehead atoms. The molecule has 0 aromatic carbocycles. The molecule has 1 saturated heterocycles. The molecule has 122 valence electrons. The maximum absolute atomic E-state index is 9.75. The van der Waals surface area contributed by atoms with E-state index in [2.05, 4.69) is 16.0 Å². The maximum atomic E-state index is 9.75. The first kappa shape index (κ1) is 15.6. The highest BCUT2D eigenvalue weighted by Gasteiger charge is 2.25. The van der Waals surface area contributed by atoms with E-state index in [1.54, 1.807) is 18.4 Å². The first-order chi connectivity index (χ1) is 11.2. The van der Waals surface area contributed by atoms with Crippen LogP contribution in [0, 0.1) is 11.3 Å². The van der Waals surface area contributed by atoms with Crippen molar-refractivity contribution in [3.8, 4) is 17.7 Å². The lowest BCUT2D eigenvalue weighted by molar-refractivity contribution is 0.105. The number of anilines is 1. The van der Waals surface area contributed by atoms with Crippen molar-refractivity contribution >= 4 is 5.88 Å². The van der Waals surface area contributed by atoms with E-state index >= 15 is 0 Å². The number of piperazine rings is 1. The molecule has 1 aliphatic rings. The summed E-state index contributed by atoms with van der Waals surface area (Å²) in [7, 11) is 0. The van der Waals surface area contributed by atoms with Crippen molar-refractivity contribution in [2.24, 2.45) is 0 Å². The normalized spacial score (nSPS) is 17.2. The SMILES string of the molecule is CCC(O)CN1CCN(c2oc(-c3ccco3)nc2C#N)CC1. The molecule has 0 spiro atoms. The molecule has 0 aliphatic carbocycles. The minimum Gasteiger partial charge on any atom is -0.459 e. The fourth-order valence-electron chi connectivity index (χ4n) is 2.67. The fourth-order valence-corrected chi connectivity index (χ4v) is 2.67. The van der Waals surface area contributed by atoms with Gasteiger partial charge >= 0.3 is 0 Å². The molecular formula is C16H20N4O3. The van der Waals surface area contributed by atoms with Gasteiger partial charge in [0.05, 0.1) is 12.4 Å². The summed E-state index contributed by atoms with van der Waals surface area (Å²) in [5.41, 5.74) is 0.276. The Morgan fingerprint density at radius 1 is 1.39 bits per heavy atom. The highest BCUT2D eigenvalue weighted by molar-refractivity contribution is 5.55. The molecule has 0 amide bonds. The summed E-state index contributed by atoms with van der Waals surface area (Å²) in [5.74, 6) is 1.33. The van der Waals surface area contributed by atoms with Crippen molar-refractivity contribution < 1.29 is 13.9 Å². The minimum absolute atomic E-state index is 0.276. The number of furan rings is 1. The van der Waals surface area contributed by atoms with Crippen LogP contribution in [0.3, 0.4) is 0 Å². The van der Waals surface area contributed by atoms with Crippen molar-refractivity contribution in [2.45, 2.75) is 19.4 Å². The minimum atomic E-state index is -0.285. The van der Waals surface area contributed by atoms with E-state index in [1.807, 2.05) is 11.8 Å². The van der Waals surface area contributed by atoms with E-state index in [-0.39, 0.29) is 11.8 Å². The Morgan fingerprint density at radius 2 is 2.17 bits per heavy atom. The van der Waals surface area contributed by atoms with Gasteiger partial charge in [0.2, 0.25) is 11.6 Å². The van der Waals surface area contributed by atoms with Gasteiger partial charge in [-0.1, -0.05) is 6.92 Å². The summed E-state index contributed by atoms with van der Waals surface area (Å²) < 4.78 is 11.0. The number of β-amino-alcohol motifs (C(OH)–C–C–N with tert-alkyl or cyclic N) is 1. The smallest absolute Gasteiger partial charge is 0.266 e. The number of hydrogen-bond donors (Lipinski definition) is 1. The predicted octanol–water partition coefficient (Wildman–Crippen LogP) is 1.70. The Labute approximate surface area is 134 Å². The zero-order valence-electron chi connectivity index (χ0n) is 13.1. The van der Waals surface area contributed by atoms with Gasteiger partial charge in [0, 0.05) is 32.7 Å². The van der Waals surface area contributed by atoms with Crippen LogP contribution in [-0.2, 0) is 0 Å². The van der Waals surface area contributed by atoms with Gasteiger partial charge in [-0.2, -0.15) is 10.2 Å². The third kappa shape index (κ3) is 3.38. The predicted molar refractivity (Wildman–Crippen MR) is 83.9 cm³/mol. The van der Waals surface area contributed by atoms with Gasteiger partial charge in [0.25, 0.3) is 5.89 Å². The van der Waals surface area contributed by atoms with E-state index in [9.17, 15) is 10.4 Å². The third-order valence-electron chi connectivity index (χ3n) is 4.05. The van der Waals surface area contributed by atoms with Crippen LogP contribution in [-0.4, -0.2) is 53.8 Å². The number of hydrogen-bond acceptors (Lipinski definition) is 7. The molecule has 1 N–H and O–H groups in total. The Morgan fingerprint density at radius 3 is 2.78 bits per heavy atom. The number of nitriles is 1. The number of nitrogens with zero attached hydrogens (tertiary/aromatic N) is 4. The molecule has 23 heavy (non-hydrogen) atoms. The summed E-state index contributed by atoms with van der Waals surface area (Å²) in [6, 6.07) is 5.59. The van der Waals surface area contributed by atoms with Crippen LogP contribution in [0.25, 0.3) is 11.7 Å². The van der Waals surface area contributed by atoms with Crippen molar-refractivity contribution in [3.63, 3.8) is 0 Å². The number of oxazole rings is 1. The van der Waals surface area contributed by atoms with Crippen LogP contribution in [0.5, 0.6) is 0 Å². The molecule has 0 saturated carbocycles. The van der Waals surface area contributed by atoms with E-state index < -0.39 is 0 Å². The average molecular weight is 316 g/mol. The molecule has 3 heterocycles. The van der Waals surface area contributed by atoms with Crippen LogP contribution in [0.4, 0.5) is 5.88 Å².